The molecule has 3 rings (SSSR count). The Morgan fingerprint density at radius 2 is 1.79 bits per heavy atom. The molecule has 0 aromatic heterocycles. The van der Waals surface area contributed by atoms with Crippen molar-refractivity contribution in [2.75, 3.05) is 33.9 Å². The average Bonchev–Trinajstić information content (AvgIpc) is 2.96. The minimum absolute atomic E-state index is 0.151. The van der Waals surface area contributed by atoms with Crippen molar-refractivity contribution in [3.05, 3.63) is 22.6 Å². The molecule has 1 N–H and O–H groups in total. The Morgan fingerprint density at radius 3 is 2.34 bits per heavy atom. The Kier molecular flexibility index (Phi) is 6.36. The zero-order chi connectivity index (χ0) is 21.1. The normalized spacial score (nSPS) is 19.2. The number of hydrogen-bond donors (Lipinski definition) is 1. The van der Waals surface area contributed by atoms with Gasteiger partial charge in [-0.25, -0.2) is 0 Å². The summed E-state index contributed by atoms with van der Waals surface area (Å²) in [6, 6.07) is 3.07. The topological polar surface area (TPSA) is 96.4 Å². The van der Waals surface area contributed by atoms with Crippen molar-refractivity contribution in [2.45, 2.75) is 19.8 Å². The number of benzene rings is 1. The smallest absolute Gasteiger partial charge is 0.294 e. The molecule has 0 saturated carbocycles. The molecular formula is C20H24N2O6S. The van der Waals surface area contributed by atoms with E-state index >= 15 is 0 Å². The lowest BCUT2D eigenvalue weighted by Crippen LogP contribution is -2.45. The summed E-state index contributed by atoms with van der Waals surface area (Å²) < 4.78 is 10.2. The van der Waals surface area contributed by atoms with Crippen LogP contribution in [0.4, 0.5) is 4.79 Å². The van der Waals surface area contributed by atoms with E-state index in [1.165, 1.54) is 32.4 Å². The number of carbonyl (C=O) groups excluding carboxylic acids is 3. The molecule has 0 atom stereocenters. The van der Waals surface area contributed by atoms with Crippen LogP contribution in [0, 0.1) is 5.92 Å². The van der Waals surface area contributed by atoms with Crippen LogP contribution in [0.25, 0.3) is 6.08 Å². The summed E-state index contributed by atoms with van der Waals surface area (Å²) in [5.41, 5.74) is 0.526. The first-order valence-electron chi connectivity index (χ1n) is 9.32. The number of phenols is 1. The lowest BCUT2D eigenvalue weighted by atomic mass is 9.99. The van der Waals surface area contributed by atoms with Gasteiger partial charge in [-0.15, -0.1) is 0 Å². The quantitative estimate of drug-likeness (QED) is 0.732. The predicted molar refractivity (Wildman–Crippen MR) is 109 cm³/mol. The van der Waals surface area contributed by atoms with Gasteiger partial charge in [0.05, 0.1) is 19.1 Å². The number of nitrogens with zero attached hydrogens (tertiary/aromatic N) is 2. The minimum Gasteiger partial charge on any atom is -0.502 e. The number of hydrogen-bond acceptors (Lipinski definition) is 7. The lowest BCUT2D eigenvalue weighted by Gasteiger charge is -2.31. The summed E-state index contributed by atoms with van der Waals surface area (Å²) in [4.78, 5) is 40.4. The molecule has 0 unspecified atom stereocenters. The van der Waals surface area contributed by atoms with Crippen LogP contribution >= 0.6 is 11.8 Å². The number of imide groups is 1. The Morgan fingerprint density at radius 1 is 1.21 bits per heavy atom. The monoisotopic (exact) mass is 420 g/mol. The van der Waals surface area contributed by atoms with Gasteiger partial charge >= 0.3 is 0 Å². The summed E-state index contributed by atoms with van der Waals surface area (Å²) in [5, 5.41) is 9.53. The molecule has 3 amide bonds. The summed E-state index contributed by atoms with van der Waals surface area (Å²) in [7, 11) is 2.80. The number of rotatable bonds is 5. The molecule has 2 saturated heterocycles. The Balaban J connectivity index is 1.76. The van der Waals surface area contributed by atoms with Crippen LogP contribution in [-0.4, -0.2) is 65.8 Å². The highest BCUT2D eigenvalue weighted by Crippen LogP contribution is 2.39. The molecular weight excluding hydrogens is 396 g/mol. The summed E-state index contributed by atoms with van der Waals surface area (Å²) in [6.07, 6.45) is 3.37. The van der Waals surface area contributed by atoms with Crippen molar-refractivity contribution in [2.24, 2.45) is 5.92 Å². The van der Waals surface area contributed by atoms with E-state index in [-0.39, 0.29) is 34.6 Å². The third kappa shape index (κ3) is 4.50. The largest absolute Gasteiger partial charge is 0.502 e. The standard InChI is InChI=1S/C20H24N2O6S/c1-12-4-6-21(7-5-12)17(23)11-22-19(25)16(29-20(22)26)10-13-8-14(27-2)18(24)15(9-13)28-3/h8-10,12,24H,4-7,11H2,1-3H3. The van der Waals surface area contributed by atoms with E-state index in [1.54, 1.807) is 4.90 Å². The minimum atomic E-state index is -0.510. The third-order valence-electron chi connectivity index (χ3n) is 5.10. The number of piperidine rings is 1. The molecule has 0 spiro atoms. The number of aromatic hydroxyl groups is 1. The SMILES string of the molecule is COc1cc(C=C2SC(=O)N(CC(=O)N3CCC(C)CC3)C2=O)cc(OC)c1O. The molecule has 8 nitrogen and oxygen atoms in total. The predicted octanol–water partition coefficient (Wildman–Crippen LogP) is 2.70. The fourth-order valence-corrected chi connectivity index (χ4v) is 4.12. The van der Waals surface area contributed by atoms with Crippen LogP contribution in [-0.2, 0) is 9.59 Å². The number of thioether (sulfide) groups is 1. The fourth-order valence-electron chi connectivity index (χ4n) is 3.28. The molecule has 1 aromatic rings. The Labute approximate surface area is 173 Å². The van der Waals surface area contributed by atoms with Crippen LogP contribution in [0.1, 0.15) is 25.3 Å². The number of ether oxygens (including phenoxy) is 2. The van der Waals surface area contributed by atoms with Gasteiger partial charge in [-0.1, -0.05) is 6.92 Å². The molecule has 2 fully saturated rings. The van der Waals surface area contributed by atoms with Crippen molar-refractivity contribution >= 4 is 34.9 Å². The third-order valence-corrected chi connectivity index (χ3v) is 6.01. The van der Waals surface area contributed by atoms with Gasteiger partial charge < -0.3 is 19.5 Å². The van der Waals surface area contributed by atoms with Crippen molar-refractivity contribution in [1.29, 1.82) is 0 Å². The highest BCUT2D eigenvalue weighted by Gasteiger charge is 2.37. The van der Waals surface area contributed by atoms with Crippen LogP contribution in [0.2, 0.25) is 0 Å². The van der Waals surface area contributed by atoms with Gasteiger partial charge in [-0.2, -0.15) is 0 Å². The molecule has 9 heteroatoms. The van der Waals surface area contributed by atoms with Gasteiger partial charge in [-0.3, -0.25) is 19.3 Å². The van der Waals surface area contributed by atoms with E-state index in [1.807, 2.05) is 0 Å². The van der Waals surface area contributed by atoms with E-state index in [0.717, 1.165) is 29.5 Å². The second-order valence-electron chi connectivity index (χ2n) is 7.11. The van der Waals surface area contributed by atoms with Gasteiger partial charge in [-0.05, 0) is 54.3 Å². The van der Waals surface area contributed by atoms with Crippen LogP contribution in [0.5, 0.6) is 17.2 Å². The summed E-state index contributed by atoms with van der Waals surface area (Å²) in [5.74, 6) is 0.0759. The molecule has 0 aliphatic carbocycles. The van der Waals surface area contributed by atoms with Crippen molar-refractivity contribution in [3.8, 4) is 17.2 Å². The fraction of sp³-hybridized carbons (Fsp3) is 0.450. The van der Waals surface area contributed by atoms with Crippen LogP contribution in [0.3, 0.4) is 0 Å². The maximum atomic E-state index is 12.7. The molecule has 0 bridgehead atoms. The summed E-state index contributed by atoms with van der Waals surface area (Å²) in [6.45, 7) is 3.20. The number of amides is 3. The molecule has 2 heterocycles. The van der Waals surface area contributed by atoms with Gasteiger partial charge in [0.2, 0.25) is 11.7 Å². The van der Waals surface area contributed by atoms with Crippen molar-refractivity contribution < 1.29 is 29.0 Å². The zero-order valence-corrected chi connectivity index (χ0v) is 17.5. The van der Waals surface area contributed by atoms with E-state index in [9.17, 15) is 19.5 Å². The molecule has 1 aromatic carbocycles. The molecule has 156 valence electrons. The van der Waals surface area contributed by atoms with Crippen LogP contribution in [0.15, 0.2) is 17.0 Å². The number of methoxy groups -OCH3 is 2. The Hall–Kier alpha value is -2.68. The number of likely N-dealkylation sites (tertiary alicyclic amines) is 1. The summed E-state index contributed by atoms with van der Waals surface area (Å²) >= 11 is 0.780. The van der Waals surface area contributed by atoms with Gasteiger partial charge in [0.15, 0.2) is 11.5 Å². The molecule has 2 aliphatic heterocycles. The molecule has 29 heavy (non-hydrogen) atoms. The Bertz CT molecular complexity index is 836. The highest BCUT2D eigenvalue weighted by molar-refractivity contribution is 8.18. The van der Waals surface area contributed by atoms with E-state index in [0.29, 0.717) is 24.6 Å². The number of carbonyl (C=O) groups is 3. The number of phenolic OH excluding ortho intramolecular Hbond substituents is 1. The first kappa shape index (κ1) is 21.0. The maximum absolute atomic E-state index is 12.7. The highest BCUT2D eigenvalue weighted by atomic mass is 32.2. The zero-order valence-electron chi connectivity index (χ0n) is 16.6. The van der Waals surface area contributed by atoms with E-state index in [2.05, 4.69) is 6.92 Å². The average molecular weight is 420 g/mol. The second-order valence-corrected chi connectivity index (χ2v) is 8.10. The second kappa shape index (κ2) is 8.77. The maximum Gasteiger partial charge on any atom is 0.294 e. The first-order valence-corrected chi connectivity index (χ1v) is 10.1. The van der Waals surface area contributed by atoms with E-state index in [4.69, 9.17) is 9.47 Å². The molecule has 0 radical (unpaired) electrons. The first-order chi connectivity index (χ1) is 13.8. The van der Waals surface area contributed by atoms with Gasteiger partial charge in [0.25, 0.3) is 11.1 Å². The van der Waals surface area contributed by atoms with Crippen molar-refractivity contribution in [1.82, 2.24) is 9.80 Å². The van der Waals surface area contributed by atoms with E-state index < -0.39 is 11.1 Å². The van der Waals surface area contributed by atoms with Crippen LogP contribution < -0.4 is 9.47 Å². The lowest BCUT2D eigenvalue weighted by molar-refractivity contribution is -0.136. The van der Waals surface area contributed by atoms with Crippen molar-refractivity contribution in [3.63, 3.8) is 0 Å². The van der Waals surface area contributed by atoms with Gasteiger partial charge in [0.1, 0.15) is 6.54 Å². The van der Waals surface area contributed by atoms with Gasteiger partial charge in [0, 0.05) is 13.1 Å². The molecule has 2 aliphatic rings.